The Morgan fingerprint density at radius 1 is 1.29 bits per heavy atom. The van der Waals surface area contributed by atoms with Gasteiger partial charge in [0.25, 0.3) is 0 Å². The molecule has 1 aliphatic carbocycles. The van der Waals surface area contributed by atoms with Gasteiger partial charge in [-0.15, -0.1) is 0 Å². The number of fused-ring (bicyclic) bond motifs is 1. The van der Waals surface area contributed by atoms with E-state index in [9.17, 15) is 9.59 Å². The lowest BCUT2D eigenvalue weighted by molar-refractivity contribution is -0.118. The number of hydrogen-bond donors (Lipinski definition) is 0. The van der Waals surface area contributed by atoms with Gasteiger partial charge >= 0.3 is 6.09 Å². The van der Waals surface area contributed by atoms with Gasteiger partial charge < -0.3 is 9.64 Å². The van der Waals surface area contributed by atoms with E-state index in [4.69, 9.17) is 27.9 Å². The fourth-order valence-electron chi connectivity index (χ4n) is 3.83. The van der Waals surface area contributed by atoms with E-state index in [-0.39, 0.29) is 23.2 Å². The molecule has 0 bridgehead atoms. The molecule has 1 saturated heterocycles. The molecule has 1 aliphatic heterocycles. The predicted octanol–water partition coefficient (Wildman–Crippen LogP) is 4.46. The number of rotatable bonds is 1. The van der Waals surface area contributed by atoms with Crippen LogP contribution in [0.15, 0.2) is 18.2 Å². The van der Waals surface area contributed by atoms with Crippen LogP contribution in [0.2, 0.25) is 10.0 Å². The van der Waals surface area contributed by atoms with Gasteiger partial charge in [0.05, 0.1) is 10.0 Å². The highest BCUT2D eigenvalue weighted by Crippen LogP contribution is 2.50. The van der Waals surface area contributed by atoms with Crippen molar-refractivity contribution in [3.63, 3.8) is 0 Å². The third-order valence-corrected chi connectivity index (χ3v) is 5.57. The number of Topliss-reactive ketones (excluding diaryl/α,β-unsaturated/α-hetero) is 1. The summed E-state index contributed by atoms with van der Waals surface area (Å²) in [5.41, 5.74) is 0.0441. The summed E-state index contributed by atoms with van der Waals surface area (Å²) < 4.78 is 5.49. The van der Waals surface area contributed by atoms with Crippen LogP contribution in [0.4, 0.5) is 4.79 Å². The fourth-order valence-corrected chi connectivity index (χ4v) is 4.13. The highest BCUT2D eigenvalue weighted by Gasteiger charge is 2.55. The van der Waals surface area contributed by atoms with Crippen LogP contribution < -0.4 is 0 Å². The van der Waals surface area contributed by atoms with Crippen molar-refractivity contribution < 1.29 is 14.3 Å². The first-order valence-corrected chi connectivity index (χ1v) is 8.81. The molecule has 1 aromatic rings. The summed E-state index contributed by atoms with van der Waals surface area (Å²) in [7, 11) is 0. The largest absolute Gasteiger partial charge is 0.444 e. The highest BCUT2D eigenvalue weighted by atomic mass is 35.5. The van der Waals surface area contributed by atoms with Crippen molar-refractivity contribution in [1.82, 2.24) is 4.90 Å². The molecule has 0 radical (unpaired) electrons. The Kier molecular flexibility index (Phi) is 4.33. The maximum absolute atomic E-state index is 12.4. The highest BCUT2D eigenvalue weighted by molar-refractivity contribution is 6.42. The molecule has 1 saturated carbocycles. The third kappa shape index (κ3) is 3.14. The first-order valence-electron chi connectivity index (χ1n) is 8.06. The van der Waals surface area contributed by atoms with Crippen LogP contribution in [0.1, 0.15) is 39.2 Å². The van der Waals surface area contributed by atoms with E-state index in [2.05, 4.69) is 0 Å². The van der Waals surface area contributed by atoms with E-state index in [0.29, 0.717) is 36.0 Å². The zero-order valence-electron chi connectivity index (χ0n) is 14.1. The lowest BCUT2D eigenvalue weighted by Gasteiger charge is -2.29. The van der Waals surface area contributed by atoms with Crippen molar-refractivity contribution in [1.29, 1.82) is 0 Å². The Morgan fingerprint density at radius 3 is 2.62 bits per heavy atom. The minimum Gasteiger partial charge on any atom is -0.444 e. The second-order valence-corrected chi connectivity index (χ2v) is 8.58. The van der Waals surface area contributed by atoms with Gasteiger partial charge in [0.15, 0.2) is 0 Å². The van der Waals surface area contributed by atoms with Crippen LogP contribution in [0.25, 0.3) is 0 Å². The van der Waals surface area contributed by atoms with E-state index < -0.39 is 5.60 Å². The Bertz CT molecular complexity index is 698. The summed E-state index contributed by atoms with van der Waals surface area (Å²) in [6.07, 6.45) is 0.581. The van der Waals surface area contributed by atoms with Crippen molar-refractivity contribution in [2.45, 2.75) is 44.6 Å². The van der Waals surface area contributed by atoms with E-state index in [1.807, 2.05) is 32.9 Å². The topological polar surface area (TPSA) is 46.6 Å². The lowest BCUT2D eigenvalue weighted by Crippen LogP contribution is -2.38. The summed E-state index contributed by atoms with van der Waals surface area (Å²) in [6, 6.07) is 5.50. The van der Waals surface area contributed by atoms with Crippen LogP contribution >= 0.6 is 23.2 Å². The standard InChI is InChI=1S/C18H21Cl2NO3/c1-17(2,3)24-16(23)21-9-12-6-13(22)8-18(12,10-21)11-4-5-14(19)15(20)7-11/h4-5,7,12H,6,8-10H2,1-3H3/t12-,18+/m1/s1. The van der Waals surface area contributed by atoms with E-state index in [1.165, 1.54) is 0 Å². The van der Waals surface area contributed by atoms with Crippen LogP contribution in [0.5, 0.6) is 0 Å². The molecule has 3 rings (SSSR count). The van der Waals surface area contributed by atoms with Crippen LogP contribution in [0.3, 0.4) is 0 Å². The van der Waals surface area contributed by atoms with Crippen molar-refractivity contribution >= 4 is 35.1 Å². The fraction of sp³-hybridized carbons (Fsp3) is 0.556. The second kappa shape index (κ2) is 5.92. The van der Waals surface area contributed by atoms with E-state index >= 15 is 0 Å². The summed E-state index contributed by atoms with van der Waals surface area (Å²) in [5, 5.41) is 0.956. The molecule has 0 unspecified atom stereocenters. The van der Waals surface area contributed by atoms with Crippen LogP contribution in [0, 0.1) is 5.92 Å². The van der Waals surface area contributed by atoms with Gasteiger partial charge in [-0.05, 0) is 44.4 Å². The zero-order valence-corrected chi connectivity index (χ0v) is 15.6. The molecule has 0 aromatic heterocycles. The second-order valence-electron chi connectivity index (χ2n) is 7.76. The normalized spacial score (nSPS) is 26.6. The maximum Gasteiger partial charge on any atom is 0.410 e. The number of ketones is 1. The van der Waals surface area contributed by atoms with Crippen molar-refractivity contribution in [2.24, 2.45) is 5.92 Å². The number of nitrogens with zero attached hydrogens (tertiary/aromatic N) is 1. The quantitative estimate of drug-likeness (QED) is 0.733. The van der Waals surface area contributed by atoms with Gasteiger partial charge in [-0.25, -0.2) is 4.79 Å². The van der Waals surface area contributed by atoms with Crippen molar-refractivity contribution in [2.75, 3.05) is 13.1 Å². The molecular formula is C18H21Cl2NO3. The monoisotopic (exact) mass is 369 g/mol. The molecule has 2 atom stereocenters. The average Bonchev–Trinajstić information content (AvgIpc) is 2.93. The smallest absolute Gasteiger partial charge is 0.410 e. The number of likely N-dealkylation sites (tertiary alicyclic amines) is 1. The molecular weight excluding hydrogens is 349 g/mol. The Balaban J connectivity index is 1.91. The van der Waals surface area contributed by atoms with E-state index in [0.717, 1.165) is 5.56 Å². The molecule has 130 valence electrons. The number of ether oxygens (including phenoxy) is 1. The summed E-state index contributed by atoms with van der Waals surface area (Å²) >= 11 is 12.2. The zero-order chi connectivity index (χ0) is 17.7. The molecule has 2 fully saturated rings. The third-order valence-electron chi connectivity index (χ3n) is 4.83. The summed E-state index contributed by atoms with van der Waals surface area (Å²) in [4.78, 5) is 26.3. The molecule has 1 amide bonds. The molecule has 1 aromatic carbocycles. The number of halogens is 2. The van der Waals surface area contributed by atoms with Crippen molar-refractivity contribution in [3.8, 4) is 0 Å². The lowest BCUT2D eigenvalue weighted by atomic mass is 9.74. The average molecular weight is 370 g/mol. The number of hydrogen-bond acceptors (Lipinski definition) is 3. The number of amides is 1. The van der Waals surface area contributed by atoms with Gasteiger partial charge in [-0.1, -0.05) is 29.3 Å². The minimum absolute atomic E-state index is 0.0924. The number of carbonyl (C=O) groups excluding carboxylic acids is 2. The Morgan fingerprint density at radius 2 is 2.00 bits per heavy atom. The van der Waals surface area contributed by atoms with Gasteiger partial charge in [0, 0.05) is 31.3 Å². The summed E-state index contributed by atoms with van der Waals surface area (Å²) in [6.45, 7) is 6.54. The molecule has 6 heteroatoms. The Labute approximate surface area is 152 Å². The molecule has 0 N–H and O–H groups in total. The van der Waals surface area contributed by atoms with Gasteiger partial charge in [-0.3, -0.25) is 4.79 Å². The predicted molar refractivity (Wildman–Crippen MR) is 93.7 cm³/mol. The summed E-state index contributed by atoms with van der Waals surface area (Å²) in [5.74, 6) is 0.324. The molecule has 24 heavy (non-hydrogen) atoms. The molecule has 1 heterocycles. The first kappa shape index (κ1) is 17.6. The molecule has 4 nitrogen and oxygen atoms in total. The first-order chi connectivity index (χ1) is 11.1. The van der Waals surface area contributed by atoms with E-state index in [1.54, 1.807) is 11.0 Å². The van der Waals surface area contributed by atoms with Gasteiger partial charge in [0.2, 0.25) is 0 Å². The van der Waals surface area contributed by atoms with Crippen molar-refractivity contribution in [3.05, 3.63) is 33.8 Å². The minimum atomic E-state index is -0.540. The number of benzene rings is 1. The molecule has 2 aliphatic rings. The Hall–Kier alpha value is -1.26. The van der Waals surface area contributed by atoms with Crippen LogP contribution in [-0.2, 0) is 14.9 Å². The van der Waals surface area contributed by atoms with Gasteiger partial charge in [-0.2, -0.15) is 0 Å². The SMILES string of the molecule is CC(C)(C)OC(=O)N1C[C@H]2CC(=O)C[C@@]2(c2ccc(Cl)c(Cl)c2)C1. The number of carbonyl (C=O) groups is 2. The molecule has 0 spiro atoms. The maximum atomic E-state index is 12.4. The van der Waals surface area contributed by atoms with Crippen LogP contribution in [-0.4, -0.2) is 35.5 Å². The van der Waals surface area contributed by atoms with Gasteiger partial charge in [0.1, 0.15) is 11.4 Å².